The van der Waals surface area contributed by atoms with E-state index >= 15 is 0 Å². The largest absolute Gasteiger partial charge is 0.507 e. The van der Waals surface area contributed by atoms with Crippen molar-refractivity contribution in [3.63, 3.8) is 0 Å². The number of aliphatic imine (C=N–C) groups is 1. The van der Waals surface area contributed by atoms with Crippen molar-refractivity contribution in [2.45, 2.75) is 13.3 Å². The zero-order valence-corrected chi connectivity index (χ0v) is 9.79. The number of carboxylic acid groups (broad SMARTS) is 1. The first-order chi connectivity index (χ1) is 8.49. The quantitative estimate of drug-likeness (QED) is 0.466. The smallest absolute Gasteiger partial charge is 0.308 e. The average molecular weight is 251 g/mol. The fourth-order valence-electron chi connectivity index (χ4n) is 1.19. The number of aromatic hydroxyl groups is 1. The molecule has 0 fully saturated rings. The number of esters is 1. The maximum atomic E-state index is 10.8. The molecule has 2 N–H and O–H groups in total. The number of carbonyl (C=O) groups is 2. The Labute approximate surface area is 104 Å². The van der Waals surface area contributed by atoms with Crippen LogP contribution in [0.1, 0.15) is 18.9 Å². The number of phenols is 1. The van der Waals surface area contributed by atoms with Crippen LogP contribution in [0.2, 0.25) is 0 Å². The summed E-state index contributed by atoms with van der Waals surface area (Å²) in [5, 5.41) is 18.0. The molecule has 0 spiro atoms. The van der Waals surface area contributed by atoms with Gasteiger partial charge >= 0.3 is 11.9 Å². The Kier molecular flexibility index (Phi) is 4.86. The highest BCUT2D eigenvalue weighted by molar-refractivity contribution is 5.84. The number of ether oxygens (including phenoxy) is 1. The molecule has 0 saturated heterocycles. The molecule has 0 radical (unpaired) electrons. The summed E-state index contributed by atoms with van der Waals surface area (Å²) in [7, 11) is 0. The number of hydrogen-bond donors (Lipinski definition) is 2. The Balaban J connectivity index is 2.74. The maximum absolute atomic E-state index is 10.8. The van der Waals surface area contributed by atoms with Gasteiger partial charge in [-0.05, 0) is 18.2 Å². The van der Waals surface area contributed by atoms with Gasteiger partial charge in [0, 0.05) is 25.2 Å². The van der Waals surface area contributed by atoms with E-state index in [1.54, 1.807) is 0 Å². The minimum atomic E-state index is -0.940. The molecule has 96 valence electrons. The molecule has 1 aromatic rings. The zero-order valence-electron chi connectivity index (χ0n) is 9.79. The summed E-state index contributed by atoms with van der Waals surface area (Å²) in [4.78, 5) is 24.9. The summed E-state index contributed by atoms with van der Waals surface area (Å²) in [5.74, 6) is -1.13. The molecule has 0 heterocycles. The van der Waals surface area contributed by atoms with Gasteiger partial charge in [-0.2, -0.15) is 0 Å². The van der Waals surface area contributed by atoms with Crippen LogP contribution in [0.25, 0.3) is 0 Å². The highest BCUT2D eigenvalue weighted by Gasteiger charge is 2.03. The first-order valence-electron chi connectivity index (χ1n) is 5.22. The van der Waals surface area contributed by atoms with Crippen LogP contribution >= 0.6 is 0 Å². The normalized spacial score (nSPS) is 10.5. The molecule has 1 rings (SSSR count). The second-order valence-electron chi connectivity index (χ2n) is 3.49. The molecule has 6 nitrogen and oxygen atoms in total. The summed E-state index contributed by atoms with van der Waals surface area (Å²) >= 11 is 0. The van der Waals surface area contributed by atoms with Gasteiger partial charge in [0.25, 0.3) is 0 Å². The highest BCUT2D eigenvalue weighted by atomic mass is 16.5. The molecule has 0 aliphatic carbocycles. The molecule has 0 unspecified atom stereocenters. The van der Waals surface area contributed by atoms with Crippen LogP contribution in [0, 0.1) is 0 Å². The Morgan fingerprint density at radius 3 is 2.78 bits per heavy atom. The Morgan fingerprint density at radius 2 is 2.17 bits per heavy atom. The summed E-state index contributed by atoms with van der Waals surface area (Å²) in [6.07, 6.45) is 1.26. The van der Waals surface area contributed by atoms with Crippen molar-refractivity contribution in [3.8, 4) is 11.5 Å². The second kappa shape index (κ2) is 6.39. The van der Waals surface area contributed by atoms with Crippen LogP contribution in [-0.2, 0) is 9.59 Å². The van der Waals surface area contributed by atoms with Crippen molar-refractivity contribution < 1.29 is 24.5 Å². The number of hydrogen-bond acceptors (Lipinski definition) is 5. The molecule has 18 heavy (non-hydrogen) atoms. The fourth-order valence-corrected chi connectivity index (χ4v) is 1.19. The number of benzene rings is 1. The van der Waals surface area contributed by atoms with Crippen molar-refractivity contribution >= 4 is 18.2 Å². The number of carbonyl (C=O) groups excluding carboxylic acids is 1. The van der Waals surface area contributed by atoms with Gasteiger partial charge in [-0.1, -0.05) is 0 Å². The van der Waals surface area contributed by atoms with Gasteiger partial charge in [0.2, 0.25) is 0 Å². The molecule has 1 aromatic carbocycles. The second-order valence-corrected chi connectivity index (χ2v) is 3.49. The molecular formula is C12H13NO5. The third-order valence-electron chi connectivity index (χ3n) is 1.95. The van der Waals surface area contributed by atoms with Crippen molar-refractivity contribution in [1.29, 1.82) is 0 Å². The van der Waals surface area contributed by atoms with E-state index in [0.29, 0.717) is 11.3 Å². The van der Waals surface area contributed by atoms with Gasteiger partial charge in [-0.25, -0.2) is 0 Å². The standard InChI is InChI=1S/C12H13NO5/c1-8(14)18-10-2-3-11(15)9(6-10)7-13-5-4-12(16)17/h2-3,6-7,15H,4-5H2,1H3,(H,16,17). The maximum Gasteiger partial charge on any atom is 0.308 e. The molecule has 0 amide bonds. The average Bonchev–Trinajstić information content (AvgIpc) is 2.27. The van der Waals surface area contributed by atoms with Gasteiger partial charge in [-0.3, -0.25) is 14.6 Å². The summed E-state index contributed by atoms with van der Waals surface area (Å²) in [6, 6.07) is 4.27. The summed E-state index contributed by atoms with van der Waals surface area (Å²) in [6.45, 7) is 1.39. The van der Waals surface area contributed by atoms with E-state index in [2.05, 4.69) is 4.99 Å². The first kappa shape index (κ1) is 13.7. The van der Waals surface area contributed by atoms with Crippen LogP contribution < -0.4 is 4.74 Å². The van der Waals surface area contributed by atoms with Gasteiger partial charge in [0.15, 0.2) is 0 Å². The SMILES string of the molecule is CC(=O)Oc1ccc(O)c(C=NCCC(=O)O)c1. The lowest BCUT2D eigenvalue weighted by Crippen LogP contribution is -2.01. The number of rotatable bonds is 5. The number of phenolic OH excluding ortho intramolecular Hbond substituents is 1. The minimum absolute atomic E-state index is 0.0232. The summed E-state index contributed by atoms with van der Waals surface area (Å²) < 4.78 is 4.85. The summed E-state index contributed by atoms with van der Waals surface area (Å²) in [5.41, 5.74) is 0.360. The first-order valence-corrected chi connectivity index (χ1v) is 5.22. The topological polar surface area (TPSA) is 96.2 Å². The predicted octanol–water partition coefficient (Wildman–Crippen LogP) is 1.21. The van der Waals surface area contributed by atoms with E-state index in [0.717, 1.165) is 0 Å². The molecule has 0 bridgehead atoms. The van der Waals surface area contributed by atoms with Gasteiger partial charge < -0.3 is 14.9 Å². The van der Waals surface area contributed by atoms with Gasteiger partial charge in [0.05, 0.1) is 6.42 Å². The number of carboxylic acids is 1. The lowest BCUT2D eigenvalue weighted by atomic mass is 10.2. The van der Waals surface area contributed by atoms with E-state index < -0.39 is 11.9 Å². The van der Waals surface area contributed by atoms with E-state index in [4.69, 9.17) is 9.84 Å². The van der Waals surface area contributed by atoms with Crippen molar-refractivity contribution in [3.05, 3.63) is 23.8 Å². The lowest BCUT2D eigenvalue weighted by Gasteiger charge is -2.03. The van der Waals surface area contributed by atoms with Gasteiger partial charge in [-0.15, -0.1) is 0 Å². The van der Waals surface area contributed by atoms with Crippen molar-refractivity contribution in [2.24, 2.45) is 4.99 Å². The van der Waals surface area contributed by atoms with Crippen molar-refractivity contribution in [1.82, 2.24) is 0 Å². The molecular weight excluding hydrogens is 238 g/mol. The van der Waals surface area contributed by atoms with E-state index in [-0.39, 0.29) is 18.7 Å². The van der Waals surface area contributed by atoms with E-state index in [1.807, 2.05) is 0 Å². The lowest BCUT2D eigenvalue weighted by molar-refractivity contribution is -0.136. The van der Waals surface area contributed by atoms with Crippen LogP contribution in [0.3, 0.4) is 0 Å². The molecule has 0 aliphatic heterocycles. The van der Waals surface area contributed by atoms with Gasteiger partial charge in [0.1, 0.15) is 11.5 Å². The Hall–Kier alpha value is -2.37. The monoisotopic (exact) mass is 251 g/mol. The number of nitrogens with zero attached hydrogens (tertiary/aromatic N) is 1. The predicted molar refractivity (Wildman–Crippen MR) is 64.1 cm³/mol. The van der Waals surface area contributed by atoms with Crippen LogP contribution in [0.15, 0.2) is 23.2 Å². The third-order valence-corrected chi connectivity index (χ3v) is 1.95. The Morgan fingerprint density at radius 1 is 1.44 bits per heavy atom. The third kappa shape index (κ3) is 4.65. The Bertz CT molecular complexity index is 481. The molecule has 0 aromatic heterocycles. The molecule has 6 heteroatoms. The molecule has 0 saturated carbocycles. The van der Waals surface area contributed by atoms with Crippen LogP contribution in [0.5, 0.6) is 11.5 Å². The number of aliphatic carboxylic acids is 1. The minimum Gasteiger partial charge on any atom is -0.507 e. The fraction of sp³-hybridized carbons (Fsp3) is 0.250. The highest BCUT2D eigenvalue weighted by Crippen LogP contribution is 2.21. The van der Waals surface area contributed by atoms with Crippen molar-refractivity contribution in [2.75, 3.05) is 6.54 Å². The van der Waals surface area contributed by atoms with Crippen LogP contribution in [0.4, 0.5) is 0 Å². The molecule has 0 aliphatic rings. The molecule has 0 atom stereocenters. The zero-order chi connectivity index (χ0) is 13.5. The van der Waals surface area contributed by atoms with Crippen LogP contribution in [-0.4, -0.2) is 34.9 Å². The van der Waals surface area contributed by atoms with E-state index in [1.165, 1.54) is 31.3 Å². The van der Waals surface area contributed by atoms with E-state index in [9.17, 15) is 14.7 Å².